The predicted molar refractivity (Wildman–Crippen MR) is 90.4 cm³/mol. The van der Waals surface area contributed by atoms with Gasteiger partial charge in [0.2, 0.25) is 11.8 Å². The number of phenolic OH excluding ortho intramolecular Hbond substituents is 1. The smallest absolute Gasteiger partial charge is 0.238 e. The van der Waals surface area contributed by atoms with Gasteiger partial charge < -0.3 is 5.11 Å². The minimum atomic E-state index is -0.214. The molecule has 0 radical (unpaired) electrons. The third-order valence-electron chi connectivity index (χ3n) is 5.84. The van der Waals surface area contributed by atoms with E-state index in [0.717, 1.165) is 23.6 Å². The summed E-state index contributed by atoms with van der Waals surface area (Å²) >= 11 is 0. The van der Waals surface area contributed by atoms with Crippen LogP contribution in [0.2, 0.25) is 0 Å². The largest absolute Gasteiger partial charge is 0.508 e. The Morgan fingerprint density at radius 1 is 0.917 bits per heavy atom. The van der Waals surface area contributed by atoms with Crippen LogP contribution in [-0.2, 0) is 9.59 Å². The van der Waals surface area contributed by atoms with E-state index in [0.29, 0.717) is 5.69 Å². The fourth-order valence-electron chi connectivity index (χ4n) is 4.75. The van der Waals surface area contributed by atoms with Crippen molar-refractivity contribution >= 4 is 28.3 Å². The van der Waals surface area contributed by atoms with Crippen LogP contribution in [0.4, 0.5) is 5.69 Å². The molecule has 2 fully saturated rings. The lowest BCUT2D eigenvalue weighted by atomic mass is 9.63. The number of aromatic hydroxyl groups is 1. The average Bonchev–Trinajstić information content (AvgIpc) is 2.89. The molecule has 3 aliphatic carbocycles. The fourth-order valence-corrected chi connectivity index (χ4v) is 4.75. The number of anilines is 1. The minimum Gasteiger partial charge on any atom is -0.508 e. The number of nitrogens with zero attached hydrogens (tertiary/aromatic N) is 1. The van der Waals surface area contributed by atoms with E-state index in [-0.39, 0.29) is 41.2 Å². The first-order chi connectivity index (χ1) is 11.6. The monoisotopic (exact) mass is 319 g/mol. The van der Waals surface area contributed by atoms with Gasteiger partial charge in [0.1, 0.15) is 5.75 Å². The highest BCUT2D eigenvalue weighted by molar-refractivity contribution is 6.25. The van der Waals surface area contributed by atoms with Gasteiger partial charge in [0.15, 0.2) is 0 Å². The Morgan fingerprint density at radius 2 is 1.58 bits per heavy atom. The lowest BCUT2D eigenvalue weighted by molar-refractivity contribution is -0.124. The zero-order valence-electron chi connectivity index (χ0n) is 13.1. The van der Waals surface area contributed by atoms with Crippen molar-refractivity contribution in [2.45, 2.75) is 12.8 Å². The molecular formula is C20H17NO3. The van der Waals surface area contributed by atoms with Crippen molar-refractivity contribution in [1.82, 2.24) is 0 Å². The summed E-state index contributed by atoms with van der Waals surface area (Å²) in [6.07, 6.45) is 6.23. The van der Waals surface area contributed by atoms with Gasteiger partial charge in [-0.25, -0.2) is 4.90 Å². The van der Waals surface area contributed by atoms with Gasteiger partial charge in [-0.15, -0.1) is 0 Å². The molecule has 1 aliphatic heterocycles. The first kappa shape index (κ1) is 13.8. The van der Waals surface area contributed by atoms with Crippen molar-refractivity contribution in [2.24, 2.45) is 23.7 Å². The second-order valence-electron chi connectivity index (χ2n) is 7.04. The van der Waals surface area contributed by atoms with Crippen molar-refractivity contribution in [3.63, 3.8) is 0 Å². The SMILES string of the molecule is O=C1C2C3C=CC(CC3)C2C(=O)N1c1cccc2ccc(O)cc12. The number of carbonyl (C=O) groups excluding carboxylic acids is 2. The highest BCUT2D eigenvalue weighted by Gasteiger charge is 2.57. The van der Waals surface area contributed by atoms with Crippen LogP contribution in [0.15, 0.2) is 48.6 Å². The molecule has 0 aromatic heterocycles. The summed E-state index contributed by atoms with van der Waals surface area (Å²) in [6, 6.07) is 10.6. The maximum Gasteiger partial charge on any atom is 0.238 e. The number of benzene rings is 2. The summed E-state index contributed by atoms with van der Waals surface area (Å²) in [5.41, 5.74) is 0.590. The van der Waals surface area contributed by atoms with E-state index >= 15 is 0 Å². The molecule has 2 aromatic carbocycles. The van der Waals surface area contributed by atoms with E-state index < -0.39 is 0 Å². The zero-order valence-corrected chi connectivity index (χ0v) is 13.1. The lowest BCUT2D eigenvalue weighted by Crippen LogP contribution is -2.38. The molecular weight excluding hydrogens is 302 g/mol. The Labute approximate surface area is 139 Å². The van der Waals surface area contributed by atoms with Gasteiger partial charge in [0.05, 0.1) is 17.5 Å². The first-order valence-corrected chi connectivity index (χ1v) is 8.43. The standard InChI is InChI=1S/C20H17NO3/c22-14-9-8-11-2-1-3-16(15(11)10-14)21-19(23)17-12-4-5-13(7-6-12)18(17)20(21)24/h1-5,8-10,12-13,17-18,22H,6-7H2. The molecule has 4 heteroatoms. The van der Waals surface area contributed by atoms with Gasteiger partial charge in [-0.3, -0.25) is 9.59 Å². The molecule has 6 rings (SSSR count). The molecule has 4 aliphatic rings. The summed E-state index contributed by atoms with van der Waals surface area (Å²) in [4.78, 5) is 27.5. The summed E-state index contributed by atoms with van der Waals surface area (Å²) in [5.74, 6) is -0.0923. The Balaban J connectivity index is 1.67. The summed E-state index contributed by atoms with van der Waals surface area (Å²) in [6.45, 7) is 0. The number of fused-ring (bicyclic) bond motifs is 2. The third-order valence-corrected chi connectivity index (χ3v) is 5.84. The molecule has 2 aromatic rings. The van der Waals surface area contributed by atoms with Crippen molar-refractivity contribution in [1.29, 1.82) is 0 Å². The first-order valence-electron chi connectivity index (χ1n) is 8.43. The highest BCUT2D eigenvalue weighted by Crippen LogP contribution is 2.51. The maximum atomic E-state index is 13.1. The molecule has 2 amide bonds. The van der Waals surface area contributed by atoms with Crippen LogP contribution in [0.5, 0.6) is 5.75 Å². The van der Waals surface area contributed by atoms with E-state index in [1.807, 2.05) is 12.1 Å². The van der Waals surface area contributed by atoms with E-state index in [1.54, 1.807) is 24.3 Å². The van der Waals surface area contributed by atoms with Crippen LogP contribution < -0.4 is 4.90 Å². The second-order valence-corrected chi connectivity index (χ2v) is 7.04. The molecule has 1 heterocycles. The normalized spacial score (nSPS) is 31.1. The molecule has 4 atom stereocenters. The van der Waals surface area contributed by atoms with E-state index in [2.05, 4.69) is 12.2 Å². The molecule has 4 nitrogen and oxygen atoms in total. The Morgan fingerprint density at radius 3 is 2.21 bits per heavy atom. The van der Waals surface area contributed by atoms with Gasteiger partial charge in [-0.2, -0.15) is 0 Å². The number of amides is 2. The maximum absolute atomic E-state index is 13.1. The number of rotatable bonds is 1. The fraction of sp³-hybridized carbons (Fsp3) is 0.300. The van der Waals surface area contributed by atoms with Crippen molar-refractivity contribution < 1.29 is 14.7 Å². The van der Waals surface area contributed by atoms with E-state index in [4.69, 9.17) is 0 Å². The summed E-state index contributed by atoms with van der Waals surface area (Å²) in [7, 11) is 0. The number of imide groups is 1. The highest BCUT2D eigenvalue weighted by atomic mass is 16.3. The number of allylic oxidation sites excluding steroid dienone is 2. The number of hydrogen-bond donors (Lipinski definition) is 1. The van der Waals surface area contributed by atoms with Crippen LogP contribution in [0, 0.1) is 23.7 Å². The van der Waals surface area contributed by atoms with Crippen LogP contribution in [0.3, 0.4) is 0 Å². The van der Waals surface area contributed by atoms with Gasteiger partial charge >= 0.3 is 0 Å². The second kappa shape index (κ2) is 4.69. The number of carbonyl (C=O) groups is 2. The van der Waals surface area contributed by atoms with Gasteiger partial charge in [-0.1, -0.05) is 30.4 Å². The van der Waals surface area contributed by atoms with Crippen molar-refractivity contribution in [3.8, 4) is 5.75 Å². The van der Waals surface area contributed by atoms with Gasteiger partial charge in [0, 0.05) is 5.39 Å². The molecule has 2 bridgehead atoms. The molecule has 1 saturated carbocycles. The van der Waals surface area contributed by atoms with Crippen LogP contribution in [-0.4, -0.2) is 16.9 Å². The topological polar surface area (TPSA) is 57.6 Å². The third kappa shape index (κ3) is 1.68. The Bertz CT molecular complexity index is 884. The van der Waals surface area contributed by atoms with Crippen LogP contribution in [0.1, 0.15) is 12.8 Å². The average molecular weight is 319 g/mol. The molecule has 0 spiro atoms. The van der Waals surface area contributed by atoms with Gasteiger partial charge in [0.25, 0.3) is 0 Å². The van der Waals surface area contributed by atoms with Crippen molar-refractivity contribution in [2.75, 3.05) is 4.90 Å². The van der Waals surface area contributed by atoms with Crippen LogP contribution >= 0.6 is 0 Å². The summed E-state index contributed by atoms with van der Waals surface area (Å²) < 4.78 is 0. The number of phenols is 1. The Hall–Kier alpha value is -2.62. The zero-order chi connectivity index (χ0) is 16.4. The molecule has 24 heavy (non-hydrogen) atoms. The molecule has 120 valence electrons. The minimum absolute atomic E-state index is 0.0834. The number of hydrogen-bond acceptors (Lipinski definition) is 3. The van der Waals surface area contributed by atoms with E-state index in [1.165, 1.54) is 4.90 Å². The molecule has 1 saturated heterocycles. The van der Waals surface area contributed by atoms with Gasteiger partial charge in [-0.05, 0) is 48.3 Å². The molecule has 1 N–H and O–H groups in total. The summed E-state index contributed by atoms with van der Waals surface area (Å²) in [5, 5.41) is 11.5. The molecule has 4 unspecified atom stereocenters. The predicted octanol–water partition coefficient (Wildman–Crippen LogP) is 3.25. The quantitative estimate of drug-likeness (QED) is 0.648. The lowest BCUT2D eigenvalue weighted by Gasteiger charge is -2.38. The van der Waals surface area contributed by atoms with E-state index in [9.17, 15) is 14.7 Å². The van der Waals surface area contributed by atoms with Crippen molar-refractivity contribution in [3.05, 3.63) is 48.6 Å². The van der Waals surface area contributed by atoms with Crippen LogP contribution in [0.25, 0.3) is 10.8 Å². The Kier molecular flexibility index (Phi) is 2.70.